The Kier molecular flexibility index (Phi) is 1.56. The molecule has 0 radical (unpaired) electrons. The molecule has 17 heavy (non-hydrogen) atoms. The van der Waals surface area contributed by atoms with Crippen molar-refractivity contribution in [1.29, 1.82) is 0 Å². The standard InChI is InChI=1S/C14H8N2O/c1-2-4-10-6-13-11(5-9(10)3-1)12-7-15-8-16-14(12)17-13/h1-8H. The van der Waals surface area contributed by atoms with E-state index in [-0.39, 0.29) is 0 Å². The van der Waals surface area contributed by atoms with Gasteiger partial charge in [0.05, 0.1) is 5.39 Å². The van der Waals surface area contributed by atoms with Crippen LogP contribution in [0.1, 0.15) is 0 Å². The van der Waals surface area contributed by atoms with E-state index in [1.165, 1.54) is 17.1 Å². The van der Waals surface area contributed by atoms with Crippen LogP contribution in [0.3, 0.4) is 0 Å². The summed E-state index contributed by atoms with van der Waals surface area (Å²) in [6.07, 6.45) is 3.30. The van der Waals surface area contributed by atoms with Gasteiger partial charge in [-0.1, -0.05) is 24.3 Å². The Balaban J connectivity index is 2.28. The Labute approximate surface area is 96.7 Å². The van der Waals surface area contributed by atoms with E-state index >= 15 is 0 Å². The molecule has 0 unspecified atom stereocenters. The Bertz CT molecular complexity index is 842. The number of aromatic nitrogens is 2. The second-order valence-electron chi connectivity index (χ2n) is 4.04. The van der Waals surface area contributed by atoms with Crippen LogP contribution in [-0.2, 0) is 0 Å². The van der Waals surface area contributed by atoms with Crippen LogP contribution >= 0.6 is 0 Å². The molecule has 0 aliphatic rings. The molecule has 0 aliphatic heterocycles. The summed E-state index contributed by atoms with van der Waals surface area (Å²) in [6, 6.07) is 12.4. The summed E-state index contributed by atoms with van der Waals surface area (Å²) in [5.74, 6) is 0. The van der Waals surface area contributed by atoms with Crippen LogP contribution in [0.2, 0.25) is 0 Å². The zero-order chi connectivity index (χ0) is 11.2. The summed E-state index contributed by atoms with van der Waals surface area (Å²) in [5.41, 5.74) is 1.50. The molecule has 0 saturated carbocycles. The van der Waals surface area contributed by atoms with Gasteiger partial charge in [0.1, 0.15) is 11.9 Å². The molecule has 0 atom stereocenters. The fraction of sp³-hybridized carbons (Fsp3) is 0. The van der Waals surface area contributed by atoms with Crippen LogP contribution in [0.5, 0.6) is 0 Å². The molecule has 2 aromatic carbocycles. The monoisotopic (exact) mass is 220 g/mol. The van der Waals surface area contributed by atoms with Gasteiger partial charge in [0.15, 0.2) is 0 Å². The van der Waals surface area contributed by atoms with Gasteiger partial charge in [-0.3, -0.25) is 0 Å². The predicted molar refractivity (Wildman–Crippen MR) is 66.8 cm³/mol. The average Bonchev–Trinajstić information content (AvgIpc) is 2.73. The van der Waals surface area contributed by atoms with Crippen molar-refractivity contribution in [1.82, 2.24) is 9.97 Å². The third-order valence-corrected chi connectivity index (χ3v) is 3.02. The van der Waals surface area contributed by atoms with Crippen molar-refractivity contribution in [2.45, 2.75) is 0 Å². The number of rotatable bonds is 0. The molecule has 2 aromatic heterocycles. The zero-order valence-electron chi connectivity index (χ0n) is 8.92. The lowest BCUT2D eigenvalue weighted by Gasteiger charge is -1.96. The fourth-order valence-electron chi connectivity index (χ4n) is 2.20. The highest BCUT2D eigenvalue weighted by molar-refractivity contribution is 6.08. The minimum Gasteiger partial charge on any atom is -0.438 e. The lowest BCUT2D eigenvalue weighted by Crippen LogP contribution is -1.75. The molecule has 0 N–H and O–H groups in total. The Morgan fingerprint density at radius 2 is 1.76 bits per heavy atom. The molecule has 0 saturated heterocycles. The van der Waals surface area contributed by atoms with E-state index in [0.717, 1.165) is 16.4 Å². The van der Waals surface area contributed by atoms with E-state index in [0.29, 0.717) is 5.71 Å². The van der Waals surface area contributed by atoms with E-state index < -0.39 is 0 Å². The molecular weight excluding hydrogens is 212 g/mol. The Morgan fingerprint density at radius 3 is 2.65 bits per heavy atom. The summed E-state index contributed by atoms with van der Waals surface area (Å²) in [6.45, 7) is 0. The van der Waals surface area contributed by atoms with E-state index in [4.69, 9.17) is 4.42 Å². The summed E-state index contributed by atoms with van der Waals surface area (Å²) in [4.78, 5) is 8.18. The van der Waals surface area contributed by atoms with Crippen molar-refractivity contribution in [2.75, 3.05) is 0 Å². The number of fused-ring (bicyclic) bond motifs is 4. The van der Waals surface area contributed by atoms with Crippen molar-refractivity contribution in [3.8, 4) is 0 Å². The van der Waals surface area contributed by atoms with Crippen LogP contribution in [0.4, 0.5) is 0 Å². The Hall–Kier alpha value is -2.42. The third-order valence-electron chi connectivity index (χ3n) is 3.02. The normalized spacial score (nSPS) is 11.5. The van der Waals surface area contributed by atoms with Gasteiger partial charge >= 0.3 is 0 Å². The highest BCUT2D eigenvalue weighted by atomic mass is 16.3. The summed E-state index contributed by atoms with van der Waals surface area (Å²) in [7, 11) is 0. The van der Waals surface area contributed by atoms with Crippen molar-refractivity contribution in [3.63, 3.8) is 0 Å². The van der Waals surface area contributed by atoms with Crippen molar-refractivity contribution >= 4 is 32.8 Å². The maximum absolute atomic E-state index is 5.71. The lowest BCUT2D eigenvalue weighted by molar-refractivity contribution is 0.653. The molecule has 4 aromatic rings. The number of furan rings is 1. The molecule has 4 rings (SSSR count). The molecule has 0 fully saturated rings. The summed E-state index contributed by atoms with van der Waals surface area (Å²) in [5, 5.41) is 4.41. The van der Waals surface area contributed by atoms with E-state index in [1.807, 2.05) is 18.2 Å². The first-order chi connectivity index (χ1) is 8.42. The molecule has 3 heteroatoms. The fourth-order valence-corrected chi connectivity index (χ4v) is 2.20. The van der Waals surface area contributed by atoms with Crippen molar-refractivity contribution in [3.05, 3.63) is 48.9 Å². The largest absolute Gasteiger partial charge is 0.438 e. The minimum atomic E-state index is 0.644. The van der Waals surface area contributed by atoms with E-state index in [9.17, 15) is 0 Å². The molecule has 0 amide bonds. The van der Waals surface area contributed by atoms with E-state index in [2.05, 4.69) is 28.2 Å². The number of nitrogens with zero attached hydrogens (tertiary/aromatic N) is 2. The van der Waals surface area contributed by atoms with Crippen LogP contribution in [0.25, 0.3) is 32.8 Å². The molecule has 80 valence electrons. The molecule has 0 spiro atoms. The molecule has 2 heterocycles. The van der Waals surface area contributed by atoms with Gasteiger partial charge in [-0.05, 0) is 22.9 Å². The van der Waals surface area contributed by atoms with E-state index in [1.54, 1.807) is 6.20 Å². The number of benzene rings is 2. The number of hydrogen-bond acceptors (Lipinski definition) is 3. The second-order valence-corrected chi connectivity index (χ2v) is 4.04. The van der Waals surface area contributed by atoms with Gasteiger partial charge in [-0.15, -0.1) is 0 Å². The molecule has 0 bridgehead atoms. The van der Waals surface area contributed by atoms with Crippen molar-refractivity contribution < 1.29 is 4.42 Å². The van der Waals surface area contributed by atoms with Crippen LogP contribution in [-0.4, -0.2) is 9.97 Å². The highest BCUT2D eigenvalue weighted by Gasteiger charge is 2.08. The molecule has 0 aliphatic carbocycles. The number of hydrogen-bond donors (Lipinski definition) is 0. The van der Waals surface area contributed by atoms with Gasteiger partial charge < -0.3 is 4.42 Å². The van der Waals surface area contributed by atoms with Gasteiger partial charge in [-0.2, -0.15) is 0 Å². The first kappa shape index (κ1) is 8.70. The maximum atomic E-state index is 5.71. The zero-order valence-corrected chi connectivity index (χ0v) is 8.92. The summed E-state index contributed by atoms with van der Waals surface area (Å²) >= 11 is 0. The van der Waals surface area contributed by atoms with Gasteiger partial charge in [0, 0.05) is 11.6 Å². The average molecular weight is 220 g/mol. The second kappa shape index (κ2) is 3.04. The topological polar surface area (TPSA) is 38.9 Å². The van der Waals surface area contributed by atoms with Gasteiger partial charge in [0.2, 0.25) is 5.71 Å². The van der Waals surface area contributed by atoms with Crippen LogP contribution in [0.15, 0.2) is 53.3 Å². The van der Waals surface area contributed by atoms with Crippen LogP contribution in [0, 0.1) is 0 Å². The SMILES string of the molecule is c1ccc2cc3c(cc2c1)oc1ncncc13. The third kappa shape index (κ3) is 1.16. The quantitative estimate of drug-likeness (QED) is 0.455. The first-order valence-electron chi connectivity index (χ1n) is 5.43. The highest BCUT2D eigenvalue weighted by Crippen LogP contribution is 2.30. The van der Waals surface area contributed by atoms with Gasteiger partial charge in [0.25, 0.3) is 0 Å². The molecular formula is C14H8N2O. The predicted octanol–water partition coefficient (Wildman–Crippen LogP) is 3.53. The van der Waals surface area contributed by atoms with Crippen LogP contribution < -0.4 is 0 Å². The summed E-state index contributed by atoms with van der Waals surface area (Å²) < 4.78 is 5.71. The van der Waals surface area contributed by atoms with Crippen molar-refractivity contribution in [2.24, 2.45) is 0 Å². The van der Waals surface area contributed by atoms with Gasteiger partial charge in [-0.25, -0.2) is 9.97 Å². The maximum Gasteiger partial charge on any atom is 0.230 e. The lowest BCUT2D eigenvalue weighted by atomic mass is 10.1. The first-order valence-corrected chi connectivity index (χ1v) is 5.43. The smallest absolute Gasteiger partial charge is 0.230 e. The Morgan fingerprint density at radius 1 is 0.941 bits per heavy atom. The molecule has 3 nitrogen and oxygen atoms in total. The minimum absolute atomic E-state index is 0.644.